The number of benzene rings is 1. The van der Waals surface area contributed by atoms with E-state index in [9.17, 15) is 13.2 Å². The number of pyridine rings is 1. The molecule has 3 heterocycles. The number of nitrogens with zero attached hydrogens (tertiary/aromatic N) is 6. The van der Waals surface area contributed by atoms with Crippen molar-refractivity contribution in [2.24, 2.45) is 4.99 Å². The first kappa shape index (κ1) is 20.0. The van der Waals surface area contributed by atoms with Crippen molar-refractivity contribution in [1.82, 2.24) is 19.9 Å². The molecular weight excluding hydrogens is 395 g/mol. The minimum Gasteiger partial charge on any atom is -0.368 e. The topological polar surface area (TPSA) is 83.5 Å². The number of hydrogen-bond donors (Lipinski definition) is 1. The van der Waals surface area contributed by atoms with Gasteiger partial charge in [0, 0.05) is 37.4 Å². The van der Waals surface area contributed by atoms with Crippen molar-refractivity contribution in [2.45, 2.75) is 6.18 Å². The Bertz CT molecular complexity index is 1110. The zero-order valence-corrected chi connectivity index (χ0v) is 16.3. The number of alkyl halides is 3. The molecule has 0 saturated carbocycles. The lowest BCUT2D eigenvalue weighted by atomic mass is 9.99. The van der Waals surface area contributed by atoms with Crippen LogP contribution >= 0.6 is 0 Å². The third-order valence-electron chi connectivity index (χ3n) is 5.15. The molecule has 1 fully saturated rings. The Morgan fingerprint density at radius 2 is 1.77 bits per heavy atom. The van der Waals surface area contributed by atoms with E-state index in [-0.39, 0.29) is 28.7 Å². The van der Waals surface area contributed by atoms with Crippen LogP contribution in [0, 0.1) is 0 Å². The van der Waals surface area contributed by atoms with Gasteiger partial charge in [-0.2, -0.15) is 23.1 Å². The van der Waals surface area contributed by atoms with Gasteiger partial charge in [-0.3, -0.25) is 0 Å². The third-order valence-corrected chi connectivity index (χ3v) is 5.15. The molecule has 0 atom stereocenters. The number of fused-ring (bicyclic) bond motifs is 1. The van der Waals surface area contributed by atoms with Crippen LogP contribution in [0.4, 0.5) is 30.6 Å². The van der Waals surface area contributed by atoms with Crippen LogP contribution in [0.3, 0.4) is 0 Å². The first-order chi connectivity index (χ1) is 14.3. The number of aromatic nitrogens is 3. The monoisotopic (exact) mass is 415 g/mol. The standard InChI is InChI=1S/C20H20F3N7/c1-25-17-12-6-7-14(26-18(12)28-19(24)27-17)16-13(20(21,22)23)4-3-5-15(16)30-10-8-29(2)9-11-30/h3-7H,1,8-11H2,2H3,(H2,24,26,27,28). The molecule has 156 valence electrons. The Kier molecular flexibility index (Phi) is 5.02. The molecule has 0 amide bonds. The normalized spacial score (nSPS) is 15.5. The molecule has 0 aliphatic carbocycles. The second-order valence-electron chi connectivity index (χ2n) is 7.12. The minimum atomic E-state index is -4.53. The van der Waals surface area contributed by atoms with E-state index in [1.54, 1.807) is 12.1 Å². The fraction of sp³-hybridized carbons (Fsp3) is 0.300. The van der Waals surface area contributed by atoms with Crippen molar-refractivity contribution < 1.29 is 13.2 Å². The summed E-state index contributed by atoms with van der Waals surface area (Å²) < 4.78 is 41.7. The van der Waals surface area contributed by atoms with Gasteiger partial charge >= 0.3 is 6.18 Å². The number of nitrogens with two attached hydrogens (primary N) is 1. The molecule has 7 nitrogen and oxygen atoms in total. The van der Waals surface area contributed by atoms with E-state index in [0.29, 0.717) is 24.2 Å². The summed E-state index contributed by atoms with van der Waals surface area (Å²) >= 11 is 0. The van der Waals surface area contributed by atoms with Crippen LogP contribution in [0.1, 0.15) is 5.56 Å². The van der Waals surface area contributed by atoms with E-state index in [1.165, 1.54) is 12.1 Å². The lowest BCUT2D eigenvalue weighted by Crippen LogP contribution is -2.44. The third kappa shape index (κ3) is 3.65. The van der Waals surface area contributed by atoms with Crippen molar-refractivity contribution in [2.75, 3.05) is 43.9 Å². The molecule has 3 aromatic rings. The van der Waals surface area contributed by atoms with Gasteiger partial charge < -0.3 is 15.5 Å². The lowest BCUT2D eigenvalue weighted by molar-refractivity contribution is -0.137. The number of anilines is 2. The summed E-state index contributed by atoms with van der Waals surface area (Å²) in [5.41, 5.74) is 5.82. The lowest BCUT2D eigenvalue weighted by Gasteiger charge is -2.35. The molecule has 0 spiro atoms. The molecule has 1 saturated heterocycles. The van der Waals surface area contributed by atoms with E-state index >= 15 is 0 Å². The van der Waals surface area contributed by atoms with Crippen molar-refractivity contribution in [1.29, 1.82) is 0 Å². The molecule has 2 aromatic heterocycles. The molecule has 0 radical (unpaired) electrons. The summed E-state index contributed by atoms with van der Waals surface area (Å²) in [6, 6.07) is 7.34. The maximum absolute atomic E-state index is 13.9. The zero-order chi connectivity index (χ0) is 21.5. The van der Waals surface area contributed by atoms with Crippen molar-refractivity contribution in [3.63, 3.8) is 0 Å². The van der Waals surface area contributed by atoms with E-state index in [1.807, 2.05) is 11.9 Å². The number of likely N-dealkylation sites (N-methyl/N-ethyl adjacent to an activating group) is 1. The predicted octanol–water partition coefficient (Wildman–Crippen LogP) is 3.38. The SMILES string of the molecule is C=Nc1nc(N)nc2nc(-c3c(N4CCN(C)CC4)cccc3C(F)(F)F)ccc12. The first-order valence-corrected chi connectivity index (χ1v) is 9.33. The van der Waals surface area contributed by atoms with Crippen molar-refractivity contribution in [3.8, 4) is 11.3 Å². The summed E-state index contributed by atoms with van der Waals surface area (Å²) in [4.78, 5) is 20.4. The maximum Gasteiger partial charge on any atom is 0.417 e. The van der Waals surface area contributed by atoms with Gasteiger partial charge in [0.15, 0.2) is 11.5 Å². The van der Waals surface area contributed by atoms with Gasteiger partial charge in [0.1, 0.15) is 0 Å². The largest absolute Gasteiger partial charge is 0.417 e. The maximum atomic E-state index is 13.9. The summed E-state index contributed by atoms with van der Waals surface area (Å²) in [5, 5.41) is 0.466. The molecule has 0 unspecified atom stereocenters. The molecule has 0 bridgehead atoms. The van der Waals surface area contributed by atoms with E-state index < -0.39 is 11.7 Å². The Balaban J connectivity index is 1.93. The zero-order valence-electron chi connectivity index (χ0n) is 16.3. The molecular formula is C20H20F3N7. The number of rotatable bonds is 3. The summed E-state index contributed by atoms with van der Waals surface area (Å²) in [6.45, 7) is 6.22. The molecule has 30 heavy (non-hydrogen) atoms. The van der Waals surface area contributed by atoms with Gasteiger partial charge in [0.05, 0.1) is 16.6 Å². The number of nitrogen functional groups attached to an aromatic ring is 1. The van der Waals surface area contributed by atoms with Crippen LogP contribution in [0.15, 0.2) is 35.3 Å². The average Bonchev–Trinajstić information content (AvgIpc) is 2.72. The van der Waals surface area contributed by atoms with Gasteiger partial charge in [-0.15, -0.1) is 0 Å². The quantitative estimate of drug-likeness (QED) is 0.661. The highest BCUT2D eigenvalue weighted by atomic mass is 19.4. The smallest absolute Gasteiger partial charge is 0.368 e. The highest BCUT2D eigenvalue weighted by Crippen LogP contribution is 2.42. The van der Waals surface area contributed by atoms with Gasteiger partial charge in [-0.25, -0.2) is 9.98 Å². The predicted molar refractivity (Wildman–Crippen MR) is 111 cm³/mol. The molecule has 10 heteroatoms. The van der Waals surface area contributed by atoms with E-state index in [0.717, 1.165) is 19.2 Å². The van der Waals surface area contributed by atoms with E-state index in [2.05, 4.69) is 31.6 Å². The van der Waals surface area contributed by atoms with Gasteiger partial charge in [-0.05, 0) is 38.0 Å². The van der Waals surface area contributed by atoms with Gasteiger partial charge in [0.25, 0.3) is 0 Å². The summed E-state index contributed by atoms with van der Waals surface area (Å²) in [7, 11) is 1.99. The second-order valence-corrected chi connectivity index (χ2v) is 7.12. The Morgan fingerprint density at radius 1 is 1.03 bits per heavy atom. The van der Waals surface area contributed by atoms with Crippen LogP contribution in [0.2, 0.25) is 0 Å². The second kappa shape index (κ2) is 7.52. The Labute approximate surface area is 171 Å². The summed E-state index contributed by atoms with van der Waals surface area (Å²) in [6.07, 6.45) is -4.53. The first-order valence-electron chi connectivity index (χ1n) is 9.33. The van der Waals surface area contributed by atoms with Crippen LogP contribution in [0.5, 0.6) is 0 Å². The number of piperazine rings is 1. The minimum absolute atomic E-state index is 0.0294. The number of aliphatic imine (C=N–C) groups is 1. The molecule has 2 N–H and O–H groups in total. The van der Waals surface area contributed by atoms with Crippen LogP contribution in [-0.4, -0.2) is 59.8 Å². The summed E-state index contributed by atoms with van der Waals surface area (Å²) in [5.74, 6) is 0.165. The highest BCUT2D eigenvalue weighted by Gasteiger charge is 2.36. The van der Waals surface area contributed by atoms with Crippen LogP contribution in [-0.2, 0) is 6.18 Å². The Hall–Kier alpha value is -3.27. The van der Waals surface area contributed by atoms with Crippen molar-refractivity contribution in [3.05, 3.63) is 35.9 Å². The fourth-order valence-corrected chi connectivity index (χ4v) is 3.63. The van der Waals surface area contributed by atoms with E-state index in [4.69, 9.17) is 5.73 Å². The van der Waals surface area contributed by atoms with Crippen LogP contribution < -0.4 is 10.6 Å². The Morgan fingerprint density at radius 3 is 2.43 bits per heavy atom. The highest BCUT2D eigenvalue weighted by molar-refractivity contribution is 5.90. The average molecular weight is 415 g/mol. The number of halogens is 3. The van der Waals surface area contributed by atoms with Crippen molar-refractivity contribution >= 4 is 35.2 Å². The molecule has 1 aliphatic rings. The molecule has 4 rings (SSSR count). The van der Waals surface area contributed by atoms with Gasteiger partial charge in [0.2, 0.25) is 5.95 Å². The van der Waals surface area contributed by atoms with Crippen LogP contribution in [0.25, 0.3) is 22.3 Å². The fourth-order valence-electron chi connectivity index (χ4n) is 3.63. The number of hydrogen-bond acceptors (Lipinski definition) is 7. The van der Waals surface area contributed by atoms with Gasteiger partial charge in [-0.1, -0.05) is 6.07 Å². The molecule has 1 aromatic carbocycles. The molecule has 1 aliphatic heterocycles.